The first-order valence-electron chi connectivity index (χ1n) is 49.0. The molecule has 18 aromatic carbocycles. The molecule has 0 aromatic heterocycles. The smallest absolute Gasteiger partial charge is 0.507 e. The van der Waals surface area contributed by atoms with Crippen molar-refractivity contribution >= 4 is 0 Å². The van der Waals surface area contributed by atoms with E-state index in [-0.39, 0.29) is 67.3 Å². The fourth-order valence-corrected chi connectivity index (χ4v) is 20.9. The van der Waals surface area contributed by atoms with Crippen LogP contribution in [0.3, 0.4) is 0 Å². The van der Waals surface area contributed by atoms with Gasteiger partial charge < -0.3 is 29.9 Å². The summed E-state index contributed by atoms with van der Waals surface area (Å²) in [5.41, 5.74) is 34.1. The minimum absolute atomic E-state index is 0. The molecule has 4 aliphatic rings. The van der Waals surface area contributed by atoms with E-state index in [9.17, 15) is 20.4 Å². The van der Waals surface area contributed by atoms with Gasteiger partial charge in [-0.05, 0) is 137 Å². The minimum atomic E-state index is -0.511. The predicted molar refractivity (Wildman–Crippen MR) is 607 cm³/mol. The molecule has 0 heterocycles. The van der Waals surface area contributed by atoms with Crippen LogP contribution in [0.1, 0.15) is 182 Å². The van der Waals surface area contributed by atoms with Gasteiger partial charge in [-0.3, -0.25) is 9.80 Å². The third-order valence-corrected chi connectivity index (χ3v) is 28.0. The van der Waals surface area contributed by atoms with Gasteiger partial charge in [-0.1, -0.05) is 317 Å². The number of fused-ring (bicyclic) bond motifs is 12. The van der Waals surface area contributed by atoms with Crippen molar-refractivity contribution in [2.75, 3.05) is 40.5 Å². The van der Waals surface area contributed by atoms with Crippen LogP contribution >= 0.6 is 0 Å². The molecule has 8 nitrogen and oxygen atoms in total. The third kappa shape index (κ3) is 25.5. The Morgan fingerprint density at radius 3 is 0.565 bits per heavy atom. The van der Waals surface area contributed by atoms with Crippen LogP contribution in [0.5, 0.6) is 23.0 Å². The number of phenols is 4. The second-order valence-electron chi connectivity index (χ2n) is 38.0. The van der Waals surface area contributed by atoms with E-state index in [2.05, 4.69) is 342 Å². The van der Waals surface area contributed by atoms with E-state index in [1.165, 1.54) is 89.0 Å². The van der Waals surface area contributed by atoms with Crippen LogP contribution in [0.2, 0.25) is 0 Å². The molecule has 18 aromatic rings. The molecule has 0 saturated carbocycles. The Hall–Kier alpha value is -14.0. The minimum Gasteiger partial charge on any atom is -0.507 e. The summed E-state index contributed by atoms with van der Waals surface area (Å²) in [6, 6.07) is 147. The zero-order valence-electron chi connectivity index (χ0n) is 84.9. The van der Waals surface area contributed by atoms with E-state index in [1.807, 2.05) is 188 Å². The van der Waals surface area contributed by atoms with Gasteiger partial charge in [-0.25, -0.2) is 0 Å². The number of methoxy groups -OCH3 is 2. The Morgan fingerprint density at radius 2 is 0.381 bits per heavy atom. The first-order chi connectivity index (χ1) is 69.3. The van der Waals surface area contributed by atoms with Crippen LogP contribution in [0.25, 0.3) is 44.5 Å². The van der Waals surface area contributed by atoms with Gasteiger partial charge in [0, 0.05) is 120 Å². The van der Waals surface area contributed by atoms with E-state index in [0.717, 1.165) is 94.6 Å². The fourth-order valence-electron chi connectivity index (χ4n) is 20.9. The molecular formula is C137H138N2O6Zr2+. The number of nitrogens with zero attached hydrogens (tertiary/aromatic N) is 2. The number of hydrogen-bond donors (Lipinski definition) is 4. The molecule has 4 aliphatic carbocycles. The molecule has 1 radical (unpaired) electrons. The van der Waals surface area contributed by atoms with Gasteiger partial charge in [0.25, 0.3) is 0 Å². The van der Waals surface area contributed by atoms with Gasteiger partial charge >= 0.3 is 52.4 Å². The number of rotatable bonds is 18. The molecule has 0 atom stereocenters. The molecule has 0 amide bonds. The standard InChI is InChI=1S/C47H45NO3.C46H43NO3.6C7H7.2CH4.2Zr/c1-30-24-32(44(49)42(26-30)46(3)38-18-10-6-14-34(38)35-15-7-11-19-39(35)46)28-48(22-23-51-5)29-33-25-31(2)27-43(45(33)50)47(4)40-20-12-8-16-36(40)37-17-9-13-21-41(37)47;1-30-26-32(44(49)42(27-30)46(3)39-21-11-7-17-35(39)36-18-8-12-22-40(36)46)29-47(24-25-50-4)28-31-14-13-23-41(43(31)48)45(2)37-19-9-5-15-33(37)34-16-6-10-20-38(34)45;6*1-7-5-3-2-4-6-7;;;;/h6-21,24-27,49-50H,22-23,28-29H2,1-5H3;5-23,26-27,48-49H,24-25,28-29H2,1-4H3;6*2-6H,1H2;2*1H4;;/q;;6*-1;;;+3;+4. The maximum atomic E-state index is 12.2. The van der Waals surface area contributed by atoms with Crippen LogP contribution in [0.4, 0.5) is 0 Å². The number of hydrogen-bond acceptors (Lipinski definition) is 8. The molecule has 0 saturated heterocycles. The van der Waals surface area contributed by atoms with E-state index in [0.29, 0.717) is 75.5 Å². The molecule has 10 heteroatoms. The zero-order chi connectivity index (χ0) is 101. The van der Waals surface area contributed by atoms with Crippen molar-refractivity contribution in [2.24, 2.45) is 0 Å². The summed E-state index contributed by atoms with van der Waals surface area (Å²) in [6.07, 6.45) is 0. The van der Waals surface area contributed by atoms with Gasteiger partial charge in [-0.15, -0.1) is 72.8 Å². The van der Waals surface area contributed by atoms with Crippen LogP contribution in [-0.2, 0) is 110 Å². The van der Waals surface area contributed by atoms with E-state index in [4.69, 9.17) is 9.47 Å². The van der Waals surface area contributed by atoms with Crippen molar-refractivity contribution in [3.63, 3.8) is 0 Å². The van der Waals surface area contributed by atoms with E-state index in [1.54, 1.807) is 14.2 Å². The maximum absolute atomic E-state index is 12.2. The van der Waals surface area contributed by atoms with E-state index < -0.39 is 21.7 Å². The summed E-state index contributed by atoms with van der Waals surface area (Å²) in [6.45, 7) is 41.9. The molecule has 0 bridgehead atoms. The van der Waals surface area contributed by atoms with Gasteiger partial charge in [0.2, 0.25) is 0 Å². The second-order valence-corrected chi connectivity index (χ2v) is 38.0. The van der Waals surface area contributed by atoms with Crippen molar-refractivity contribution in [1.82, 2.24) is 9.80 Å². The number of phenolic OH excluding ortho intramolecular Hbond substituents is 4. The number of benzene rings is 18. The third-order valence-electron chi connectivity index (χ3n) is 28.0. The maximum Gasteiger partial charge on any atom is 4.00 e. The van der Waals surface area contributed by atoms with Crippen molar-refractivity contribution < 1.29 is 82.3 Å². The van der Waals surface area contributed by atoms with Gasteiger partial charge in [0.1, 0.15) is 23.0 Å². The topological polar surface area (TPSA) is 106 Å². The van der Waals surface area contributed by atoms with E-state index >= 15 is 0 Å². The summed E-state index contributed by atoms with van der Waals surface area (Å²) >= 11 is 0. The number of ether oxygens (including phenoxy) is 2. The fraction of sp³-hybridized carbons (Fsp3) is 0.168. The summed E-state index contributed by atoms with van der Waals surface area (Å²) in [4.78, 5) is 4.54. The number of aromatic hydroxyl groups is 4. The molecule has 0 spiro atoms. The number of para-hydroxylation sites is 1. The van der Waals surface area contributed by atoms with Crippen LogP contribution < -0.4 is 0 Å². The Bertz CT molecular complexity index is 6660. The monoisotopic (exact) mass is 2090 g/mol. The quantitative estimate of drug-likeness (QED) is 0.0630. The van der Waals surface area contributed by atoms with Gasteiger partial charge in [-0.2, -0.15) is 148 Å². The normalized spacial score (nSPS) is 12.5. The summed E-state index contributed by atoms with van der Waals surface area (Å²) in [7, 11) is 3.43. The molecule has 0 fully saturated rings. The summed E-state index contributed by atoms with van der Waals surface area (Å²) in [5, 5.41) is 48.7. The Kier molecular flexibility index (Phi) is 40.4. The van der Waals surface area contributed by atoms with Crippen molar-refractivity contribution in [3.05, 3.63) is 611 Å². The molecule has 739 valence electrons. The largest absolute Gasteiger partial charge is 4.00 e. The Morgan fingerprint density at radius 1 is 0.218 bits per heavy atom. The molecule has 22 rings (SSSR count). The van der Waals surface area contributed by atoms with Crippen LogP contribution in [0, 0.1) is 62.3 Å². The van der Waals surface area contributed by atoms with Crippen LogP contribution in [-0.4, -0.2) is 70.7 Å². The number of aryl methyl sites for hydroxylation is 3. The second kappa shape index (κ2) is 52.3. The first kappa shape index (κ1) is 113. The summed E-state index contributed by atoms with van der Waals surface area (Å²) in [5.74, 6) is 1.26. The first-order valence-corrected chi connectivity index (χ1v) is 49.0. The van der Waals surface area contributed by atoms with Gasteiger partial charge in [0.05, 0.1) is 13.2 Å². The average Bonchev–Trinajstić information content (AvgIpc) is 1.57. The molecule has 4 N–H and O–H groups in total. The Labute approximate surface area is 914 Å². The Balaban J connectivity index is 0.000000195. The zero-order valence-corrected chi connectivity index (χ0v) is 89.8. The van der Waals surface area contributed by atoms with Crippen LogP contribution in [0.15, 0.2) is 431 Å². The van der Waals surface area contributed by atoms with Crippen molar-refractivity contribution in [2.45, 2.75) is 111 Å². The summed E-state index contributed by atoms with van der Waals surface area (Å²) < 4.78 is 11.2. The van der Waals surface area contributed by atoms with Crippen molar-refractivity contribution in [1.29, 1.82) is 0 Å². The molecule has 147 heavy (non-hydrogen) atoms. The van der Waals surface area contributed by atoms with Crippen molar-refractivity contribution in [3.8, 4) is 67.5 Å². The van der Waals surface area contributed by atoms with Gasteiger partial charge in [0.15, 0.2) is 0 Å². The predicted octanol–water partition coefficient (Wildman–Crippen LogP) is 32.2. The molecule has 0 unspecified atom stereocenters. The average molecular weight is 2090 g/mol. The molecule has 0 aliphatic heterocycles. The molecular weight excluding hydrogens is 1950 g/mol. The SMILES string of the molecule is C.C.COCCN(Cc1cc(C)cc(C2(C)c3ccccc3-c3ccccc32)c1O)Cc1cc(C)cc(C2(C)c3ccccc3-c3ccccc32)c1O.COCCN(Cc1cccc(C2(C)c3ccccc3-c3ccccc32)c1O)Cc1cc(C)cc(C2(C)c3ccccc3-c3ccccc32)c1O.[CH2-]c1ccccc1.[CH2-]c1ccccc1.[CH2-]c1ccccc1.[CH2-]c1ccccc1.[CH2-]c1ccccc1.[CH2-]c1ccccc1.[Zr+3].[Zr+4].